The Balaban J connectivity index is 1.92. The highest BCUT2D eigenvalue weighted by Crippen LogP contribution is 2.23. The van der Waals surface area contributed by atoms with Gasteiger partial charge in [-0.25, -0.2) is 0 Å². The number of rotatable bonds is 4. The van der Waals surface area contributed by atoms with E-state index in [1.165, 1.54) is 0 Å². The van der Waals surface area contributed by atoms with Gasteiger partial charge in [-0.15, -0.1) is 0 Å². The van der Waals surface area contributed by atoms with Gasteiger partial charge in [-0.1, -0.05) is 22.0 Å². The number of benzene rings is 2. The summed E-state index contributed by atoms with van der Waals surface area (Å²) in [6, 6.07) is 12.2. The molecule has 0 radical (unpaired) electrons. The highest BCUT2D eigenvalue weighted by molar-refractivity contribution is 9.10. The molecular formula is C15H14BrNO3. The molecule has 0 aliphatic heterocycles. The van der Waals surface area contributed by atoms with Gasteiger partial charge in [-0.05, 0) is 48.9 Å². The van der Waals surface area contributed by atoms with E-state index in [0.717, 1.165) is 10.0 Å². The van der Waals surface area contributed by atoms with E-state index >= 15 is 0 Å². The van der Waals surface area contributed by atoms with Crippen molar-refractivity contribution >= 4 is 27.5 Å². The third kappa shape index (κ3) is 3.99. The zero-order valence-electron chi connectivity index (χ0n) is 10.9. The number of aryl methyl sites for hydroxylation is 1. The molecule has 0 bridgehead atoms. The van der Waals surface area contributed by atoms with Crippen LogP contribution < -0.4 is 10.1 Å². The third-order valence-electron chi connectivity index (χ3n) is 2.61. The third-order valence-corrected chi connectivity index (χ3v) is 3.14. The highest BCUT2D eigenvalue weighted by atomic mass is 79.9. The molecule has 4 nitrogen and oxygen atoms in total. The van der Waals surface area contributed by atoms with Gasteiger partial charge in [0, 0.05) is 4.47 Å². The van der Waals surface area contributed by atoms with Crippen LogP contribution in [0.3, 0.4) is 0 Å². The molecule has 20 heavy (non-hydrogen) atoms. The summed E-state index contributed by atoms with van der Waals surface area (Å²) in [5, 5.41) is 12.2. The molecule has 0 atom stereocenters. The molecule has 0 aromatic heterocycles. The molecule has 0 saturated heterocycles. The van der Waals surface area contributed by atoms with Gasteiger partial charge in [0.25, 0.3) is 5.91 Å². The maximum absolute atomic E-state index is 11.8. The summed E-state index contributed by atoms with van der Waals surface area (Å²) in [6.45, 7) is 1.77. The number of hydrogen-bond acceptors (Lipinski definition) is 3. The van der Waals surface area contributed by atoms with E-state index in [4.69, 9.17) is 4.74 Å². The van der Waals surface area contributed by atoms with Gasteiger partial charge in [0.1, 0.15) is 11.5 Å². The molecular weight excluding hydrogens is 322 g/mol. The van der Waals surface area contributed by atoms with Crippen molar-refractivity contribution in [3.8, 4) is 11.5 Å². The van der Waals surface area contributed by atoms with Crippen LogP contribution >= 0.6 is 15.9 Å². The Bertz CT molecular complexity index is 611. The van der Waals surface area contributed by atoms with Crippen molar-refractivity contribution in [2.75, 3.05) is 11.9 Å². The number of phenolic OH excluding ortho intramolecular Hbond substituents is 1. The largest absolute Gasteiger partial charge is 0.506 e. The van der Waals surface area contributed by atoms with E-state index in [0.29, 0.717) is 11.4 Å². The van der Waals surface area contributed by atoms with E-state index < -0.39 is 0 Å². The molecule has 0 saturated carbocycles. The Morgan fingerprint density at radius 3 is 2.65 bits per heavy atom. The van der Waals surface area contributed by atoms with Crippen molar-refractivity contribution in [2.45, 2.75) is 6.92 Å². The van der Waals surface area contributed by atoms with E-state index in [9.17, 15) is 9.90 Å². The minimum Gasteiger partial charge on any atom is -0.506 e. The van der Waals surface area contributed by atoms with Crippen LogP contribution in [0.1, 0.15) is 5.56 Å². The van der Waals surface area contributed by atoms with Gasteiger partial charge in [-0.2, -0.15) is 0 Å². The summed E-state index contributed by atoms with van der Waals surface area (Å²) in [6.07, 6.45) is 0. The fourth-order valence-electron chi connectivity index (χ4n) is 1.62. The summed E-state index contributed by atoms with van der Waals surface area (Å²) in [7, 11) is 0. The lowest BCUT2D eigenvalue weighted by Gasteiger charge is -2.09. The van der Waals surface area contributed by atoms with Gasteiger partial charge in [-0.3, -0.25) is 4.79 Å². The normalized spacial score (nSPS) is 10.1. The summed E-state index contributed by atoms with van der Waals surface area (Å²) in [5.74, 6) is 0.318. The average Bonchev–Trinajstić information content (AvgIpc) is 2.42. The zero-order chi connectivity index (χ0) is 14.5. The summed E-state index contributed by atoms with van der Waals surface area (Å²) in [5.41, 5.74) is 1.33. The lowest BCUT2D eigenvalue weighted by atomic mass is 10.2. The lowest BCUT2D eigenvalue weighted by Crippen LogP contribution is -2.20. The standard InChI is InChI=1S/C15H14BrNO3/c1-10-2-7-14(18)13(8-10)17-15(19)9-20-12-5-3-11(16)4-6-12/h2-8,18H,9H2,1H3,(H,17,19). The molecule has 2 aromatic carbocycles. The van der Waals surface area contributed by atoms with Crippen LogP contribution in [0.25, 0.3) is 0 Å². The summed E-state index contributed by atoms with van der Waals surface area (Å²) < 4.78 is 6.29. The molecule has 0 unspecified atom stereocenters. The van der Waals surface area contributed by atoms with Crippen molar-refractivity contribution in [2.24, 2.45) is 0 Å². The number of carbonyl (C=O) groups is 1. The number of ether oxygens (including phenoxy) is 1. The minimum atomic E-state index is -0.325. The molecule has 2 rings (SSSR count). The first-order chi connectivity index (χ1) is 9.54. The predicted molar refractivity (Wildman–Crippen MR) is 81.1 cm³/mol. The van der Waals surface area contributed by atoms with Crippen LogP contribution in [0.15, 0.2) is 46.9 Å². The van der Waals surface area contributed by atoms with Gasteiger partial charge < -0.3 is 15.2 Å². The highest BCUT2D eigenvalue weighted by Gasteiger charge is 2.07. The van der Waals surface area contributed by atoms with Crippen LogP contribution in [0.2, 0.25) is 0 Å². The number of halogens is 1. The van der Waals surface area contributed by atoms with Gasteiger partial charge in [0.2, 0.25) is 0 Å². The Morgan fingerprint density at radius 1 is 1.25 bits per heavy atom. The number of nitrogens with one attached hydrogen (secondary N) is 1. The SMILES string of the molecule is Cc1ccc(O)c(NC(=O)COc2ccc(Br)cc2)c1. The van der Waals surface area contributed by atoms with Gasteiger partial charge in [0.15, 0.2) is 6.61 Å². The zero-order valence-corrected chi connectivity index (χ0v) is 12.5. The van der Waals surface area contributed by atoms with Crippen LogP contribution in [0, 0.1) is 6.92 Å². The number of carbonyl (C=O) groups excluding carboxylic acids is 1. The average molecular weight is 336 g/mol. The first-order valence-corrected chi connectivity index (χ1v) is 6.82. The molecule has 2 aromatic rings. The van der Waals surface area contributed by atoms with Crippen molar-refractivity contribution in [1.29, 1.82) is 0 Å². The quantitative estimate of drug-likeness (QED) is 0.841. The molecule has 1 amide bonds. The summed E-state index contributed by atoms with van der Waals surface area (Å²) >= 11 is 3.32. The number of phenols is 1. The molecule has 104 valence electrons. The Kier molecular flexibility index (Phi) is 4.63. The maximum Gasteiger partial charge on any atom is 0.262 e. The van der Waals surface area contributed by atoms with Crippen LogP contribution in [-0.2, 0) is 4.79 Å². The van der Waals surface area contributed by atoms with Crippen LogP contribution in [-0.4, -0.2) is 17.6 Å². The maximum atomic E-state index is 11.8. The number of aromatic hydroxyl groups is 1. The number of anilines is 1. The molecule has 0 aliphatic rings. The summed E-state index contributed by atoms with van der Waals surface area (Å²) in [4.78, 5) is 11.8. The van der Waals surface area contributed by atoms with E-state index in [1.54, 1.807) is 30.3 Å². The van der Waals surface area contributed by atoms with Crippen LogP contribution in [0.5, 0.6) is 11.5 Å². The van der Waals surface area contributed by atoms with Crippen molar-refractivity contribution in [1.82, 2.24) is 0 Å². The smallest absolute Gasteiger partial charge is 0.262 e. The second kappa shape index (κ2) is 6.43. The fourth-order valence-corrected chi connectivity index (χ4v) is 1.88. The topological polar surface area (TPSA) is 58.6 Å². The van der Waals surface area contributed by atoms with Crippen molar-refractivity contribution in [3.05, 3.63) is 52.5 Å². The minimum absolute atomic E-state index is 0.0348. The monoisotopic (exact) mass is 335 g/mol. The van der Waals surface area contributed by atoms with Crippen molar-refractivity contribution in [3.63, 3.8) is 0 Å². The number of hydrogen-bond donors (Lipinski definition) is 2. The molecule has 0 aliphatic carbocycles. The predicted octanol–water partition coefficient (Wildman–Crippen LogP) is 3.48. The number of amides is 1. The first kappa shape index (κ1) is 14.4. The molecule has 0 spiro atoms. The molecule has 0 fully saturated rings. The van der Waals surface area contributed by atoms with Crippen molar-refractivity contribution < 1.29 is 14.6 Å². The van der Waals surface area contributed by atoms with Crippen LogP contribution in [0.4, 0.5) is 5.69 Å². The molecule has 5 heteroatoms. The lowest BCUT2D eigenvalue weighted by molar-refractivity contribution is -0.118. The fraction of sp³-hybridized carbons (Fsp3) is 0.133. The van der Waals surface area contributed by atoms with E-state index in [2.05, 4.69) is 21.2 Å². The molecule has 2 N–H and O–H groups in total. The second-order valence-electron chi connectivity index (χ2n) is 4.31. The Labute approximate surface area is 125 Å². The van der Waals surface area contributed by atoms with E-state index in [-0.39, 0.29) is 18.3 Å². The van der Waals surface area contributed by atoms with Gasteiger partial charge >= 0.3 is 0 Å². The van der Waals surface area contributed by atoms with Gasteiger partial charge in [0.05, 0.1) is 5.69 Å². The first-order valence-electron chi connectivity index (χ1n) is 6.02. The Hall–Kier alpha value is -2.01. The van der Waals surface area contributed by atoms with E-state index in [1.807, 2.05) is 19.1 Å². The second-order valence-corrected chi connectivity index (χ2v) is 5.23. The molecule has 0 heterocycles. The Morgan fingerprint density at radius 2 is 1.95 bits per heavy atom.